The second-order valence-electron chi connectivity index (χ2n) is 5.75. The maximum atomic E-state index is 14.0. The molecule has 3 aromatic heterocycles. The van der Waals surface area contributed by atoms with E-state index in [1.165, 1.54) is 41.5 Å². The summed E-state index contributed by atoms with van der Waals surface area (Å²) in [6.45, 7) is -0.110. The molecule has 0 radical (unpaired) electrons. The second kappa shape index (κ2) is 6.42. The molecule has 2 N–H and O–H groups in total. The minimum Gasteiger partial charge on any atom is -0.368 e. The number of pyridine rings is 1. The molecule has 0 spiro atoms. The summed E-state index contributed by atoms with van der Waals surface area (Å²) in [4.78, 5) is 16.6. The first-order valence-electron chi connectivity index (χ1n) is 7.83. The molecule has 3 heterocycles. The smallest absolute Gasteiger partial charge is 0.222 e. The number of imidazole rings is 1. The monoisotopic (exact) mass is 363 g/mol. The van der Waals surface area contributed by atoms with E-state index >= 15 is 0 Å². The maximum absolute atomic E-state index is 14.0. The van der Waals surface area contributed by atoms with Gasteiger partial charge in [0.1, 0.15) is 28.9 Å². The molecule has 9 heteroatoms. The molecule has 132 valence electrons. The molecule has 7 nitrogen and oxygen atoms in total. The fourth-order valence-corrected chi connectivity index (χ4v) is 2.76. The Balaban J connectivity index is 1.87. The van der Waals surface area contributed by atoms with E-state index in [1.807, 2.05) is 6.07 Å². The molecule has 0 bridgehead atoms. The molecule has 0 fully saturated rings. The standard InChI is InChI=1S/C18H11F2N7/c19-13-2-1-3-14(20)12(13)8-27-9-24-16-15(25-18(22)26-17(16)27)11-4-10(5-21)6-23-7-11/h1-4,6-7,9H,8H2,(H2,22,25,26). The number of nitriles is 1. The zero-order valence-corrected chi connectivity index (χ0v) is 13.8. The Hall–Kier alpha value is -3.93. The zero-order chi connectivity index (χ0) is 19.0. The summed E-state index contributed by atoms with van der Waals surface area (Å²) in [5.74, 6) is -1.36. The third-order valence-electron chi connectivity index (χ3n) is 4.01. The van der Waals surface area contributed by atoms with Crippen LogP contribution in [0.2, 0.25) is 0 Å². The number of anilines is 1. The van der Waals surface area contributed by atoms with Gasteiger partial charge in [-0.2, -0.15) is 10.2 Å². The Morgan fingerprint density at radius 2 is 1.93 bits per heavy atom. The molecule has 4 aromatic rings. The Kier molecular flexibility index (Phi) is 3.93. The van der Waals surface area contributed by atoms with Gasteiger partial charge in [0.2, 0.25) is 5.95 Å². The van der Waals surface area contributed by atoms with Crippen molar-refractivity contribution in [1.29, 1.82) is 5.26 Å². The number of benzene rings is 1. The average Bonchev–Trinajstić information content (AvgIpc) is 3.07. The Morgan fingerprint density at radius 3 is 2.67 bits per heavy atom. The van der Waals surface area contributed by atoms with Crippen molar-refractivity contribution in [3.63, 3.8) is 0 Å². The van der Waals surface area contributed by atoms with E-state index in [9.17, 15) is 8.78 Å². The summed E-state index contributed by atoms with van der Waals surface area (Å²) in [5, 5.41) is 9.06. The molecule has 0 saturated heterocycles. The molecular formula is C18H11F2N7. The lowest BCUT2D eigenvalue weighted by molar-refractivity contribution is 0.546. The summed E-state index contributed by atoms with van der Waals surface area (Å²) < 4.78 is 29.4. The van der Waals surface area contributed by atoms with Crippen LogP contribution in [0.4, 0.5) is 14.7 Å². The van der Waals surface area contributed by atoms with Crippen molar-refractivity contribution in [3.05, 3.63) is 65.7 Å². The number of aromatic nitrogens is 5. The van der Waals surface area contributed by atoms with E-state index in [-0.39, 0.29) is 18.1 Å². The Bertz CT molecular complexity index is 1190. The number of rotatable bonds is 3. The van der Waals surface area contributed by atoms with Crippen LogP contribution < -0.4 is 5.73 Å². The third kappa shape index (κ3) is 2.93. The van der Waals surface area contributed by atoms with Crippen LogP contribution in [0, 0.1) is 23.0 Å². The van der Waals surface area contributed by atoms with Gasteiger partial charge in [0.15, 0.2) is 5.65 Å². The van der Waals surface area contributed by atoms with Crippen molar-refractivity contribution in [1.82, 2.24) is 24.5 Å². The first kappa shape index (κ1) is 16.5. The molecule has 0 aliphatic carbocycles. The van der Waals surface area contributed by atoms with Crippen molar-refractivity contribution < 1.29 is 8.78 Å². The first-order chi connectivity index (χ1) is 13.1. The first-order valence-corrected chi connectivity index (χ1v) is 7.83. The van der Waals surface area contributed by atoms with Crippen molar-refractivity contribution in [2.45, 2.75) is 6.54 Å². The molecule has 0 aliphatic rings. The molecule has 0 amide bonds. The van der Waals surface area contributed by atoms with Crippen LogP contribution >= 0.6 is 0 Å². The lowest BCUT2D eigenvalue weighted by Crippen LogP contribution is -2.06. The molecule has 4 rings (SSSR count). The zero-order valence-electron chi connectivity index (χ0n) is 13.8. The van der Waals surface area contributed by atoms with E-state index in [0.717, 1.165) is 0 Å². The van der Waals surface area contributed by atoms with Gasteiger partial charge < -0.3 is 10.3 Å². The number of fused-ring (bicyclic) bond motifs is 1. The average molecular weight is 363 g/mol. The molecule has 0 unspecified atom stereocenters. The predicted octanol–water partition coefficient (Wildman–Crippen LogP) is 2.67. The van der Waals surface area contributed by atoms with Gasteiger partial charge in [-0.1, -0.05) is 6.07 Å². The molecule has 0 atom stereocenters. The van der Waals surface area contributed by atoms with Crippen LogP contribution in [0.15, 0.2) is 43.0 Å². The van der Waals surface area contributed by atoms with Gasteiger partial charge in [0.25, 0.3) is 0 Å². The normalized spacial score (nSPS) is 10.9. The van der Waals surface area contributed by atoms with Gasteiger partial charge in [-0.05, 0) is 18.2 Å². The van der Waals surface area contributed by atoms with Crippen molar-refractivity contribution in [3.8, 4) is 17.3 Å². The van der Waals surface area contributed by atoms with E-state index in [0.29, 0.717) is 28.0 Å². The molecule has 0 aliphatic heterocycles. The highest BCUT2D eigenvalue weighted by atomic mass is 19.1. The van der Waals surface area contributed by atoms with Crippen molar-refractivity contribution in [2.24, 2.45) is 0 Å². The summed E-state index contributed by atoms with van der Waals surface area (Å²) in [6, 6.07) is 7.28. The minimum atomic E-state index is -0.662. The van der Waals surface area contributed by atoms with Crippen LogP contribution in [-0.4, -0.2) is 24.5 Å². The van der Waals surface area contributed by atoms with Crippen LogP contribution in [0.25, 0.3) is 22.4 Å². The highest BCUT2D eigenvalue weighted by Gasteiger charge is 2.17. The topological polar surface area (TPSA) is 106 Å². The van der Waals surface area contributed by atoms with E-state index in [2.05, 4.69) is 19.9 Å². The SMILES string of the molecule is N#Cc1cncc(-c2nc(N)nc3c2ncn3Cc2c(F)cccc2F)c1. The third-order valence-corrected chi connectivity index (χ3v) is 4.01. The van der Waals surface area contributed by atoms with Gasteiger partial charge in [-0.15, -0.1) is 0 Å². The number of nitrogens with zero attached hydrogens (tertiary/aromatic N) is 6. The summed E-state index contributed by atoms with van der Waals surface area (Å²) in [7, 11) is 0. The van der Waals surface area contributed by atoms with E-state index in [1.54, 1.807) is 6.07 Å². The summed E-state index contributed by atoms with van der Waals surface area (Å²) >= 11 is 0. The quantitative estimate of drug-likeness (QED) is 0.600. The summed E-state index contributed by atoms with van der Waals surface area (Å²) in [5.41, 5.74) is 7.69. The molecular weight excluding hydrogens is 352 g/mol. The van der Waals surface area contributed by atoms with Gasteiger partial charge in [0, 0.05) is 23.5 Å². The largest absolute Gasteiger partial charge is 0.368 e. The Morgan fingerprint density at radius 1 is 1.15 bits per heavy atom. The number of nitrogens with two attached hydrogens (primary N) is 1. The van der Waals surface area contributed by atoms with Crippen LogP contribution in [0.1, 0.15) is 11.1 Å². The minimum absolute atomic E-state index is 0.0318. The second-order valence-corrected chi connectivity index (χ2v) is 5.75. The van der Waals surface area contributed by atoms with Gasteiger partial charge in [0.05, 0.1) is 18.4 Å². The fraction of sp³-hybridized carbons (Fsp3) is 0.0556. The van der Waals surface area contributed by atoms with Crippen molar-refractivity contribution in [2.75, 3.05) is 5.73 Å². The molecule has 0 saturated carbocycles. The highest BCUT2D eigenvalue weighted by Crippen LogP contribution is 2.26. The number of hydrogen-bond donors (Lipinski definition) is 1. The summed E-state index contributed by atoms with van der Waals surface area (Å²) in [6.07, 6.45) is 4.36. The number of hydrogen-bond acceptors (Lipinski definition) is 6. The van der Waals surface area contributed by atoms with Crippen molar-refractivity contribution >= 4 is 17.1 Å². The molecule has 1 aromatic carbocycles. The van der Waals surface area contributed by atoms with Gasteiger partial charge >= 0.3 is 0 Å². The van der Waals surface area contributed by atoms with Gasteiger partial charge in [-0.25, -0.2) is 18.7 Å². The van der Waals surface area contributed by atoms with E-state index in [4.69, 9.17) is 11.0 Å². The lowest BCUT2D eigenvalue weighted by atomic mass is 10.1. The maximum Gasteiger partial charge on any atom is 0.222 e. The Labute approximate surface area is 151 Å². The van der Waals surface area contributed by atoms with E-state index < -0.39 is 11.6 Å². The van der Waals surface area contributed by atoms with Crippen LogP contribution in [-0.2, 0) is 6.54 Å². The molecule has 27 heavy (non-hydrogen) atoms. The fourth-order valence-electron chi connectivity index (χ4n) is 2.76. The van der Waals surface area contributed by atoms with Crippen LogP contribution in [0.3, 0.4) is 0 Å². The number of nitrogen functional groups attached to an aromatic ring is 1. The number of halogens is 2. The predicted molar refractivity (Wildman–Crippen MR) is 93.1 cm³/mol. The van der Waals surface area contributed by atoms with Gasteiger partial charge in [-0.3, -0.25) is 4.98 Å². The van der Waals surface area contributed by atoms with Crippen LogP contribution in [0.5, 0.6) is 0 Å². The lowest BCUT2D eigenvalue weighted by Gasteiger charge is -2.08. The highest BCUT2D eigenvalue weighted by molar-refractivity contribution is 5.88.